The van der Waals surface area contributed by atoms with Crippen LogP contribution >= 0.6 is 0 Å². The lowest BCUT2D eigenvalue weighted by Gasteiger charge is -2.20. The van der Waals surface area contributed by atoms with E-state index in [1.165, 1.54) is 6.20 Å². The molecule has 1 rings (SSSR count). The molecule has 3 N–H and O–H groups in total. The molecule has 1 aromatic heterocycles. The third-order valence-corrected chi connectivity index (χ3v) is 2.28. The van der Waals surface area contributed by atoms with E-state index in [9.17, 15) is 4.79 Å². The van der Waals surface area contributed by atoms with Crippen LogP contribution in [0.3, 0.4) is 0 Å². The number of carbonyl (C=O) groups is 1. The Hall–Kier alpha value is -1.62. The molecule has 16 heavy (non-hydrogen) atoms. The predicted octanol–water partition coefficient (Wildman–Crippen LogP) is 0.508. The summed E-state index contributed by atoms with van der Waals surface area (Å²) in [5.74, 6) is 0.258. The summed E-state index contributed by atoms with van der Waals surface area (Å²) in [5.41, 5.74) is 6.05. The third-order valence-electron chi connectivity index (χ3n) is 2.28. The van der Waals surface area contributed by atoms with Gasteiger partial charge in [-0.1, -0.05) is 0 Å². The molecule has 0 unspecified atom stereocenters. The first kappa shape index (κ1) is 12.4. The Morgan fingerprint density at radius 1 is 1.62 bits per heavy atom. The highest BCUT2D eigenvalue weighted by atomic mass is 16.3. The molecule has 0 saturated carbocycles. The van der Waals surface area contributed by atoms with Crippen molar-refractivity contribution in [2.24, 2.45) is 0 Å². The van der Waals surface area contributed by atoms with Gasteiger partial charge in [-0.2, -0.15) is 0 Å². The summed E-state index contributed by atoms with van der Waals surface area (Å²) in [6.45, 7) is 3.15. The van der Waals surface area contributed by atoms with Crippen LogP contribution in [0.2, 0.25) is 0 Å². The van der Waals surface area contributed by atoms with Crippen LogP contribution in [-0.2, 0) is 0 Å². The molecular formula is C11H17N3O2. The molecule has 0 aliphatic heterocycles. The molecule has 1 aromatic rings. The van der Waals surface area contributed by atoms with Crippen molar-refractivity contribution in [3.8, 4) is 0 Å². The van der Waals surface area contributed by atoms with Crippen LogP contribution in [0.1, 0.15) is 23.7 Å². The monoisotopic (exact) mass is 223 g/mol. The highest BCUT2D eigenvalue weighted by Gasteiger charge is 2.13. The first-order chi connectivity index (χ1) is 7.69. The van der Waals surface area contributed by atoms with Gasteiger partial charge in [-0.25, -0.2) is 4.98 Å². The molecule has 5 nitrogen and oxygen atoms in total. The number of carbonyl (C=O) groups excluding carboxylic acids is 1. The maximum Gasteiger partial charge on any atom is 0.254 e. The molecule has 0 aromatic carbocycles. The summed E-state index contributed by atoms with van der Waals surface area (Å²) >= 11 is 0. The maximum atomic E-state index is 12.0. The molecule has 0 aliphatic carbocycles. The zero-order valence-electron chi connectivity index (χ0n) is 9.39. The Bertz CT molecular complexity index is 355. The van der Waals surface area contributed by atoms with Crippen molar-refractivity contribution >= 4 is 11.7 Å². The van der Waals surface area contributed by atoms with Gasteiger partial charge in [0.2, 0.25) is 0 Å². The Morgan fingerprint density at radius 3 is 2.94 bits per heavy atom. The normalized spacial score (nSPS) is 10.1. The van der Waals surface area contributed by atoms with Crippen molar-refractivity contribution in [1.82, 2.24) is 9.88 Å². The minimum Gasteiger partial charge on any atom is -0.396 e. The van der Waals surface area contributed by atoms with E-state index in [-0.39, 0.29) is 12.5 Å². The second kappa shape index (κ2) is 6.07. The van der Waals surface area contributed by atoms with Crippen LogP contribution in [0, 0.1) is 0 Å². The first-order valence-electron chi connectivity index (χ1n) is 5.30. The third kappa shape index (κ3) is 3.20. The SMILES string of the molecule is CCN(CCCO)C(=O)c1ccnc(N)c1. The fraction of sp³-hybridized carbons (Fsp3) is 0.455. The Kier molecular flexibility index (Phi) is 4.72. The number of pyridine rings is 1. The van der Waals surface area contributed by atoms with Gasteiger partial charge in [-0.3, -0.25) is 4.79 Å². The van der Waals surface area contributed by atoms with Crippen molar-refractivity contribution in [3.63, 3.8) is 0 Å². The zero-order chi connectivity index (χ0) is 12.0. The van der Waals surface area contributed by atoms with Gasteiger partial charge in [-0.15, -0.1) is 0 Å². The number of anilines is 1. The molecule has 1 amide bonds. The lowest BCUT2D eigenvalue weighted by molar-refractivity contribution is 0.0754. The largest absolute Gasteiger partial charge is 0.396 e. The van der Waals surface area contributed by atoms with Crippen LogP contribution in [0.15, 0.2) is 18.3 Å². The quantitative estimate of drug-likeness (QED) is 0.762. The smallest absolute Gasteiger partial charge is 0.254 e. The summed E-state index contributed by atoms with van der Waals surface area (Å²) in [4.78, 5) is 17.5. The van der Waals surface area contributed by atoms with Crippen molar-refractivity contribution < 1.29 is 9.90 Å². The molecule has 0 fully saturated rings. The van der Waals surface area contributed by atoms with Gasteiger partial charge in [0.05, 0.1) is 0 Å². The van der Waals surface area contributed by atoms with Gasteiger partial charge in [0.25, 0.3) is 5.91 Å². The topological polar surface area (TPSA) is 79.5 Å². The molecule has 0 atom stereocenters. The fourth-order valence-electron chi connectivity index (χ4n) is 1.43. The summed E-state index contributed by atoms with van der Waals surface area (Å²) in [7, 11) is 0. The Morgan fingerprint density at radius 2 is 2.38 bits per heavy atom. The first-order valence-corrected chi connectivity index (χ1v) is 5.30. The van der Waals surface area contributed by atoms with Gasteiger partial charge in [0.1, 0.15) is 5.82 Å². The highest BCUT2D eigenvalue weighted by Crippen LogP contribution is 2.07. The van der Waals surface area contributed by atoms with E-state index in [1.54, 1.807) is 17.0 Å². The van der Waals surface area contributed by atoms with Crippen molar-refractivity contribution in [3.05, 3.63) is 23.9 Å². The minimum atomic E-state index is -0.0787. The highest BCUT2D eigenvalue weighted by molar-refractivity contribution is 5.94. The number of amides is 1. The number of aliphatic hydroxyl groups is 1. The molecule has 1 heterocycles. The molecule has 5 heteroatoms. The second-order valence-electron chi connectivity index (χ2n) is 3.43. The second-order valence-corrected chi connectivity index (χ2v) is 3.43. The van der Waals surface area contributed by atoms with Gasteiger partial charge < -0.3 is 15.7 Å². The molecule has 0 saturated heterocycles. The number of nitrogens with zero attached hydrogens (tertiary/aromatic N) is 2. The van der Waals surface area contributed by atoms with E-state index in [2.05, 4.69) is 4.98 Å². The summed E-state index contributed by atoms with van der Waals surface area (Å²) < 4.78 is 0. The molecule has 0 bridgehead atoms. The standard InChI is InChI=1S/C11H17N3O2/c1-2-14(6-3-7-15)11(16)9-4-5-13-10(12)8-9/h4-5,8,15H,2-3,6-7H2,1H3,(H2,12,13). The predicted molar refractivity (Wildman–Crippen MR) is 61.9 cm³/mol. The van der Waals surface area contributed by atoms with E-state index >= 15 is 0 Å². The van der Waals surface area contributed by atoms with Crippen molar-refractivity contribution in [2.45, 2.75) is 13.3 Å². The van der Waals surface area contributed by atoms with Crippen LogP contribution in [0.25, 0.3) is 0 Å². The van der Waals surface area contributed by atoms with Gasteiger partial charge in [0.15, 0.2) is 0 Å². The summed E-state index contributed by atoms with van der Waals surface area (Å²) in [6.07, 6.45) is 2.10. The van der Waals surface area contributed by atoms with Crippen LogP contribution in [0.5, 0.6) is 0 Å². The molecule has 88 valence electrons. The van der Waals surface area contributed by atoms with Crippen LogP contribution in [-0.4, -0.2) is 40.6 Å². The molecule has 0 aliphatic rings. The van der Waals surface area contributed by atoms with Crippen molar-refractivity contribution in [2.75, 3.05) is 25.4 Å². The van der Waals surface area contributed by atoms with E-state index in [0.717, 1.165) is 0 Å². The minimum absolute atomic E-state index is 0.0787. The maximum absolute atomic E-state index is 12.0. The van der Waals surface area contributed by atoms with E-state index in [0.29, 0.717) is 30.9 Å². The Balaban J connectivity index is 2.74. The fourth-order valence-corrected chi connectivity index (χ4v) is 1.43. The van der Waals surface area contributed by atoms with Crippen molar-refractivity contribution in [1.29, 1.82) is 0 Å². The van der Waals surface area contributed by atoms with Gasteiger partial charge in [-0.05, 0) is 25.5 Å². The number of nitrogen functional groups attached to an aromatic ring is 1. The molecule has 0 spiro atoms. The summed E-state index contributed by atoms with van der Waals surface area (Å²) in [5, 5.41) is 8.74. The number of rotatable bonds is 5. The number of hydrogen-bond donors (Lipinski definition) is 2. The number of aliphatic hydroxyl groups excluding tert-OH is 1. The summed E-state index contributed by atoms with van der Waals surface area (Å²) in [6, 6.07) is 3.20. The number of aromatic nitrogens is 1. The molecule has 0 radical (unpaired) electrons. The zero-order valence-corrected chi connectivity index (χ0v) is 9.39. The average molecular weight is 223 g/mol. The van der Waals surface area contributed by atoms with Crippen LogP contribution in [0.4, 0.5) is 5.82 Å². The van der Waals surface area contributed by atoms with Crippen LogP contribution < -0.4 is 5.73 Å². The van der Waals surface area contributed by atoms with E-state index < -0.39 is 0 Å². The Labute approximate surface area is 94.9 Å². The lowest BCUT2D eigenvalue weighted by Crippen LogP contribution is -2.32. The number of nitrogens with two attached hydrogens (primary N) is 1. The van der Waals surface area contributed by atoms with E-state index in [4.69, 9.17) is 10.8 Å². The van der Waals surface area contributed by atoms with Gasteiger partial charge >= 0.3 is 0 Å². The average Bonchev–Trinajstić information content (AvgIpc) is 2.29. The van der Waals surface area contributed by atoms with E-state index in [1.807, 2.05) is 6.92 Å². The number of hydrogen-bond acceptors (Lipinski definition) is 4. The van der Waals surface area contributed by atoms with Gasteiger partial charge in [0, 0.05) is 31.5 Å². The molecular weight excluding hydrogens is 206 g/mol. The lowest BCUT2D eigenvalue weighted by atomic mass is 10.2.